The molecule has 3 atom stereocenters. The molecule has 0 aromatic heterocycles. The summed E-state index contributed by atoms with van der Waals surface area (Å²) in [6.07, 6.45) is 1.67. The molecule has 1 aliphatic heterocycles. The van der Waals surface area contributed by atoms with Gasteiger partial charge in [-0.1, -0.05) is 13.0 Å². The highest BCUT2D eigenvalue weighted by Gasteiger charge is 2.33. The summed E-state index contributed by atoms with van der Waals surface area (Å²) in [4.78, 5) is 11.6. The molecule has 32 heavy (non-hydrogen) atoms. The van der Waals surface area contributed by atoms with E-state index in [-0.39, 0.29) is 24.3 Å². The van der Waals surface area contributed by atoms with Gasteiger partial charge in [0.2, 0.25) is 0 Å². The Hall–Kier alpha value is -2.93. The van der Waals surface area contributed by atoms with Crippen molar-refractivity contribution in [3.63, 3.8) is 0 Å². The third-order valence-corrected chi connectivity index (χ3v) is 6.31. The molecule has 7 heteroatoms. The molecule has 0 saturated heterocycles. The molecule has 2 aromatic rings. The predicted molar refractivity (Wildman–Crippen MR) is 122 cm³/mol. The zero-order valence-electron chi connectivity index (χ0n) is 19.4. The summed E-state index contributed by atoms with van der Waals surface area (Å²) in [6.45, 7) is 2.83. The summed E-state index contributed by atoms with van der Waals surface area (Å²) in [6, 6.07) is 9.93. The van der Waals surface area contributed by atoms with E-state index in [1.165, 1.54) is 5.56 Å². The Labute approximate surface area is 189 Å². The van der Waals surface area contributed by atoms with E-state index in [1.807, 2.05) is 37.3 Å². The molecule has 3 unspecified atom stereocenters. The Balaban J connectivity index is 2.01. The molecule has 0 fully saturated rings. The fraction of sp³-hybridized carbons (Fsp3) is 0.480. The molecule has 3 rings (SSSR count). The zero-order chi connectivity index (χ0) is 23.3. The number of benzene rings is 2. The quantitative estimate of drug-likeness (QED) is 0.576. The van der Waals surface area contributed by atoms with E-state index < -0.39 is 5.97 Å². The lowest BCUT2D eigenvalue weighted by atomic mass is 9.75. The maximum absolute atomic E-state index is 11.6. The summed E-state index contributed by atoms with van der Waals surface area (Å²) in [5.74, 6) is 1.91. The summed E-state index contributed by atoms with van der Waals surface area (Å²) in [5, 5.41) is 13.1. The monoisotopic (exact) mass is 443 g/mol. The van der Waals surface area contributed by atoms with Gasteiger partial charge in [-0.25, -0.2) is 0 Å². The molecule has 0 amide bonds. The first-order valence-electron chi connectivity index (χ1n) is 10.8. The lowest BCUT2D eigenvalue weighted by Crippen LogP contribution is -2.38. The van der Waals surface area contributed by atoms with Gasteiger partial charge >= 0.3 is 5.97 Å². The number of carboxylic acid groups (broad SMARTS) is 1. The Bertz CT molecular complexity index is 944. The summed E-state index contributed by atoms with van der Waals surface area (Å²) in [7, 11) is 6.49. The fourth-order valence-electron chi connectivity index (χ4n) is 4.65. The number of ether oxygens (including phenoxy) is 4. The molecule has 1 aliphatic rings. The maximum atomic E-state index is 11.6. The van der Waals surface area contributed by atoms with Gasteiger partial charge in [-0.3, -0.25) is 4.79 Å². The summed E-state index contributed by atoms with van der Waals surface area (Å²) >= 11 is 0. The van der Waals surface area contributed by atoms with Crippen LogP contribution in [-0.2, 0) is 17.6 Å². The van der Waals surface area contributed by atoms with E-state index in [4.69, 9.17) is 18.9 Å². The van der Waals surface area contributed by atoms with Crippen molar-refractivity contribution in [3.8, 4) is 23.0 Å². The van der Waals surface area contributed by atoms with Crippen LogP contribution < -0.4 is 24.3 Å². The van der Waals surface area contributed by atoms with Crippen LogP contribution in [0.25, 0.3) is 0 Å². The van der Waals surface area contributed by atoms with Crippen molar-refractivity contribution in [1.82, 2.24) is 5.32 Å². The first-order valence-corrected chi connectivity index (χ1v) is 10.8. The van der Waals surface area contributed by atoms with Crippen molar-refractivity contribution in [2.75, 3.05) is 35.0 Å². The second kappa shape index (κ2) is 10.6. The first kappa shape index (κ1) is 23.7. The summed E-state index contributed by atoms with van der Waals surface area (Å²) < 4.78 is 21.9. The second-order valence-corrected chi connectivity index (χ2v) is 8.22. The van der Waals surface area contributed by atoms with Crippen molar-refractivity contribution in [1.29, 1.82) is 0 Å². The number of methoxy groups -OCH3 is 4. The average Bonchev–Trinajstić information content (AvgIpc) is 2.80. The highest BCUT2D eigenvalue weighted by atomic mass is 16.5. The fourth-order valence-corrected chi connectivity index (χ4v) is 4.65. The average molecular weight is 444 g/mol. The highest BCUT2D eigenvalue weighted by Crippen LogP contribution is 2.41. The molecular weight excluding hydrogens is 410 g/mol. The van der Waals surface area contributed by atoms with Crippen LogP contribution >= 0.6 is 0 Å². The van der Waals surface area contributed by atoms with Gasteiger partial charge in [0.1, 0.15) is 0 Å². The highest BCUT2D eigenvalue weighted by molar-refractivity contribution is 5.67. The topological polar surface area (TPSA) is 86.3 Å². The second-order valence-electron chi connectivity index (χ2n) is 8.22. The predicted octanol–water partition coefficient (Wildman–Crippen LogP) is 3.88. The largest absolute Gasteiger partial charge is 0.493 e. The number of carboxylic acids is 1. The van der Waals surface area contributed by atoms with Gasteiger partial charge in [-0.15, -0.1) is 0 Å². The summed E-state index contributed by atoms with van der Waals surface area (Å²) in [5.41, 5.74) is 3.40. The lowest BCUT2D eigenvalue weighted by molar-refractivity contribution is -0.138. The van der Waals surface area contributed by atoms with Crippen LogP contribution in [0.4, 0.5) is 0 Å². The number of hydrogen-bond acceptors (Lipinski definition) is 6. The molecule has 7 nitrogen and oxygen atoms in total. The smallest absolute Gasteiger partial charge is 0.303 e. The molecule has 2 N–H and O–H groups in total. The molecule has 0 saturated carbocycles. The minimum Gasteiger partial charge on any atom is -0.493 e. The van der Waals surface area contributed by atoms with Crippen LogP contribution in [0.15, 0.2) is 30.3 Å². The molecule has 0 aliphatic carbocycles. The Morgan fingerprint density at radius 1 is 1.00 bits per heavy atom. The molecule has 0 spiro atoms. The van der Waals surface area contributed by atoms with Crippen LogP contribution in [0.3, 0.4) is 0 Å². The van der Waals surface area contributed by atoms with Gasteiger partial charge in [0, 0.05) is 12.5 Å². The number of fused-ring (bicyclic) bond motifs is 1. The van der Waals surface area contributed by atoms with Gasteiger partial charge in [-0.05, 0) is 72.2 Å². The van der Waals surface area contributed by atoms with Gasteiger partial charge in [0.25, 0.3) is 0 Å². The lowest BCUT2D eigenvalue weighted by Gasteiger charge is -2.37. The van der Waals surface area contributed by atoms with Crippen LogP contribution in [0, 0.1) is 11.8 Å². The van der Waals surface area contributed by atoms with E-state index >= 15 is 0 Å². The van der Waals surface area contributed by atoms with E-state index in [1.54, 1.807) is 28.4 Å². The van der Waals surface area contributed by atoms with Gasteiger partial charge in [0.15, 0.2) is 23.0 Å². The van der Waals surface area contributed by atoms with Crippen molar-refractivity contribution >= 4 is 5.97 Å². The van der Waals surface area contributed by atoms with Gasteiger partial charge in [-0.2, -0.15) is 0 Å². The SMILES string of the molecule is COc1ccc(CC(C(C)CC(=O)O)C2NCCc3cc(OC)c(OC)cc32)cc1OC. The number of rotatable bonds is 10. The van der Waals surface area contributed by atoms with Crippen LogP contribution in [0.5, 0.6) is 23.0 Å². The molecule has 2 aromatic carbocycles. The Morgan fingerprint density at radius 2 is 1.62 bits per heavy atom. The molecule has 0 radical (unpaired) electrons. The molecule has 174 valence electrons. The van der Waals surface area contributed by atoms with E-state index in [0.717, 1.165) is 24.1 Å². The normalized spacial score (nSPS) is 17.1. The van der Waals surface area contributed by atoms with Gasteiger partial charge in [0.05, 0.1) is 28.4 Å². The minimum atomic E-state index is -0.793. The van der Waals surface area contributed by atoms with Crippen LogP contribution in [0.2, 0.25) is 0 Å². The van der Waals surface area contributed by atoms with Gasteiger partial charge < -0.3 is 29.4 Å². The standard InChI is InChI=1S/C25H33NO6/c1-15(10-24(27)28)18(11-16-6-7-20(29-2)21(12-16)30-3)25-19-14-23(32-5)22(31-4)13-17(19)8-9-26-25/h6-7,12-15,18,25-26H,8-11H2,1-5H3,(H,27,28). The van der Waals surface area contributed by atoms with E-state index in [9.17, 15) is 9.90 Å². The number of hydrogen-bond donors (Lipinski definition) is 2. The third-order valence-electron chi connectivity index (χ3n) is 6.31. The first-order chi connectivity index (χ1) is 15.4. The van der Waals surface area contributed by atoms with Crippen molar-refractivity contribution in [3.05, 3.63) is 47.0 Å². The molecule has 1 heterocycles. The van der Waals surface area contributed by atoms with E-state index in [0.29, 0.717) is 29.4 Å². The van der Waals surface area contributed by atoms with Crippen molar-refractivity contribution in [2.45, 2.75) is 32.2 Å². The zero-order valence-corrected chi connectivity index (χ0v) is 19.4. The molecule has 0 bridgehead atoms. The minimum absolute atomic E-state index is 0.0130. The van der Waals surface area contributed by atoms with Crippen LogP contribution in [0.1, 0.15) is 36.1 Å². The molecular formula is C25H33NO6. The van der Waals surface area contributed by atoms with Crippen LogP contribution in [-0.4, -0.2) is 46.1 Å². The number of nitrogens with one attached hydrogen (secondary N) is 1. The maximum Gasteiger partial charge on any atom is 0.303 e. The third kappa shape index (κ3) is 5.10. The number of aliphatic carboxylic acids is 1. The van der Waals surface area contributed by atoms with Crippen molar-refractivity contribution in [2.24, 2.45) is 11.8 Å². The number of carbonyl (C=O) groups is 1. The Morgan fingerprint density at radius 3 is 2.25 bits per heavy atom. The Kier molecular flexibility index (Phi) is 7.85. The van der Waals surface area contributed by atoms with E-state index in [2.05, 4.69) is 5.32 Å². The van der Waals surface area contributed by atoms with Crippen molar-refractivity contribution < 1.29 is 28.8 Å².